The van der Waals surface area contributed by atoms with Gasteiger partial charge in [0.25, 0.3) is 0 Å². The van der Waals surface area contributed by atoms with E-state index >= 15 is 0 Å². The SMILES string of the molecule is O=C(OCC1CO1)C1(C(=O)OCC2CO2)C=CCCC1. The van der Waals surface area contributed by atoms with Gasteiger partial charge in [-0.2, -0.15) is 0 Å². The van der Waals surface area contributed by atoms with E-state index in [4.69, 9.17) is 18.9 Å². The average Bonchev–Trinajstić information content (AvgIpc) is 3.37. The first-order valence-electron chi connectivity index (χ1n) is 6.96. The summed E-state index contributed by atoms with van der Waals surface area (Å²) in [6.45, 7) is 1.63. The molecular weight excluding hydrogens is 264 g/mol. The number of hydrogen-bond acceptors (Lipinski definition) is 6. The Bertz CT molecular complexity index is 393. The van der Waals surface area contributed by atoms with Crippen LogP contribution < -0.4 is 0 Å². The monoisotopic (exact) mass is 282 g/mol. The molecule has 0 saturated carbocycles. The van der Waals surface area contributed by atoms with Gasteiger partial charge in [0.15, 0.2) is 5.41 Å². The van der Waals surface area contributed by atoms with Crippen LogP contribution in [0.3, 0.4) is 0 Å². The van der Waals surface area contributed by atoms with Crippen LogP contribution in [0.2, 0.25) is 0 Å². The van der Waals surface area contributed by atoms with E-state index in [9.17, 15) is 9.59 Å². The maximum absolute atomic E-state index is 12.3. The molecule has 0 aromatic heterocycles. The highest BCUT2D eigenvalue weighted by Gasteiger charge is 2.48. The number of epoxide rings is 2. The third-order valence-corrected chi connectivity index (χ3v) is 3.68. The molecule has 0 spiro atoms. The number of carbonyl (C=O) groups excluding carboxylic acids is 2. The quantitative estimate of drug-likeness (QED) is 0.307. The van der Waals surface area contributed by atoms with Gasteiger partial charge in [-0.1, -0.05) is 12.2 Å². The van der Waals surface area contributed by atoms with E-state index in [1.807, 2.05) is 6.08 Å². The van der Waals surface area contributed by atoms with E-state index in [2.05, 4.69) is 0 Å². The molecule has 2 aliphatic heterocycles. The second-order valence-electron chi connectivity index (χ2n) is 5.37. The Kier molecular flexibility index (Phi) is 3.76. The van der Waals surface area contributed by atoms with Crippen LogP contribution in [0, 0.1) is 5.41 Å². The molecular formula is C14H18O6. The fourth-order valence-electron chi connectivity index (χ4n) is 2.21. The molecule has 2 atom stereocenters. The summed E-state index contributed by atoms with van der Waals surface area (Å²) < 4.78 is 20.4. The lowest BCUT2D eigenvalue weighted by atomic mass is 9.79. The van der Waals surface area contributed by atoms with E-state index in [0.29, 0.717) is 19.6 Å². The molecule has 0 radical (unpaired) electrons. The zero-order valence-corrected chi connectivity index (χ0v) is 11.2. The van der Waals surface area contributed by atoms with Crippen LogP contribution in [-0.4, -0.2) is 50.6 Å². The molecule has 0 aromatic rings. The zero-order valence-electron chi connectivity index (χ0n) is 11.2. The summed E-state index contributed by atoms with van der Waals surface area (Å²) in [5, 5.41) is 0. The summed E-state index contributed by atoms with van der Waals surface area (Å²) in [6.07, 6.45) is 5.49. The van der Waals surface area contributed by atoms with E-state index in [1.54, 1.807) is 6.08 Å². The molecule has 110 valence electrons. The summed E-state index contributed by atoms with van der Waals surface area (Å²) in [5.41, 5.74) is -1.29. The van der Waals surface area contributed by atoms with Gasteiger partial charge in [-0.15, -0.1) is 0 Å². The number of allylic oxidation sites excluding steroid dienone is 1. The second-order valence-corrected chi connectivity index (χ2v) is 5.37. The molecule has 0 bridgehead atoms. The van der Waals surface area contributed by atoms with Gasteiger partial charge in [0.1, 0.15) is 25.4 Å². The van der Waals surface area contributed by atoms with Crippen molar-refractivity contribution in [3.8, 4) is 0 Å². The first kappa shape index (κ1) is 13.6. The molecule has 6 heteroatoms. The van der Waals surface area contributed by atoms with Crippen molar-refractivity contribution in [2.75, 3.05) is 26.4 Å². The number of hydrogen-bond donors (Lipinski definition) is 0. The van der Waals surface area contributed by atoms with Gasteiger partial charge in [-0.05, 0) is 19.3 Å². The fraction of sp³-hybridized carbons (Fsp3) is 0.714. The molecule has 2 heterocycles. The first-order chi connectivity index (χ1) is 9.71. The number of ether oxygens (including phenoxy) is 4. The van der Waals surface area contributed by atoms with E-state index < -0.39 is 17.4 Å². The number of esters is 2. The molecule has 0 aromatic carbocycles. The molecule has 1 aliphatic carbocycles. The molecule has 2 saturated heterocycles. The lowest BCUT2D eigenvalue weighted by molar-refractivity contribution is -0.170. The van der Waals surface area contributed by atoms with Crippen molar-refractivity contribution in [1.82, 2.24) is 0 Å². The molecule has 0 N–H and O–H groups in total. The van der Waals surface area contributed by atoms with Gasteiger partial charge in [-0.3, -0.25) is 9.59 Å². The molecule has 2 fully saturated rings. The van der Waals surface area contributed by atoms with Gasteiger partial charge in [0.2, 0.25) is 0 Å². The number of rotatable bonds is 6. The van der Waals surface area contributed by atoms with Crippen molar-refractivity contribution in [2.24, 2.45) is 5.41 Å². The Morgan fingerprint density at radius 2 is 1.65 bits per heavy atom. The van der Waals surface area contributed by atoms with E-state index in [1.165, 1.54) is 0 Å². The predicted octanol–water partition coefficient (Wildman–Crippen LogP) is 0.597. The van der Waals surface area contributed by atoms with Gasteiger partial charge in [0.05, 0.1) is 13.2 Å². The summed E-state index contributed by atoms with van der Waals surface area (Å²) >= 11 is 0. The lowest BCUT2D eigenvalue weighted by Gasteiger charge is -2.28. The minimum absolute atomic E-state index is 0.0144. The second kappa shape index (κ2) is 5.54. The highest BCUT2D eigenvalue weighted by atomic mass is 16.6. The van der Waals surface area contributed by atoms with E-state index in [0.717, 1.165) is 12.8 Å². The molecule has 0 amide bonds. The summed E-state index contributed by atoms with van der Waals surface area (Å²) in [4.78, 5) is 24.6. The smallest absolute Gasteiger partial charge is 0.327 e. The van der Waals surface area contributed by atoms with Crippen LogP contribution in [0.1, 0.15) is 19.3 Å². The molecule has 3 aliphatic rings. The Hall–Kier alpha value is -1.40. The van der Waals surface area contributed by atoms with Crippen molar-refractivity contribution in [1.29, 1.82) is 0 Å². The minimum atomic E-state index is -1.29. The maximum atomic E-state index is 12.3. The van der Waals surface area contributed by atoms with Crippen LogP contribution in [0.5, 0.6) is 0 Å². The first-order valence-corrected chi connectivity index (χ1v) is 6.96. The van der Waals surface area contributed by atoms with Crippen molar-refractivity contribution in [3.05, 3.63) is 12.2 Å². The van der Waals surface area contributed by atoms with Crippen LogP contribution in [-0.2, 0) is 28.5 Å². The van der Waals surface area contributed by atoms with Gasteiger partial charge in [0, 0.05) is 0 Å². The molecule has 6 nitrogen and oxygen atoms in total. The maximum Gasteiger partial charge on any atom is 0.327 e. The van der Waals surface area contributed by atoms with Crippen LogP contribution in [0.15, 0.2) is 12.2 Å². The molecule has 3 rings (SSSR count). The van der Waals surface area contributed by atoms with Gasteiger partial charge in [-0.25, -0.2) is 0 Å². The van der Waals surface area contributed by atoms with Crippen LogP contribution in [0.25, 0.3) is 0 Å². The van der Waals surface area contributed by atoms with Crippen LogP contribution in [0.4, 0.5) is 0 Å². The third-order valence-electron chi connectivity index (χ3n) is 3.68. The topological polar surface area (TPSA) is 77.7 Å². The van der Waals surface area contributed by atoms with E-state index in [-0.39, 0.29) is 25.4 Å². The fourth-order valence-corrected chi connectivity index (χ4v) is 2.21. The largest absolute Gasteiger partial charge is 0.462 e. The Balaban J connectivity index is 1.64. The molecule has 2 unspecified atom stereocenters. The standard InChI is InChI=1S/C14H18O6/c15-12(19-8-10-6-17-10)14(4-2-1-3-5-14)13(16)20-9-11-7-18-11/h2,4,10-11H,1,3,5-9H2. The van der Waals surface area contributed by atoms with Crippen molar-refractivity contribution >= 4 is 11.9 Å². The highest BCUT2D eigenvalue weighted by molar-refractivity contribution is 6.02. The summed E-state index contributed by atoms with van der Waals surface area (Å²) in [7, 11) is 0. The Morgan fingerprint density at radius 1 is 1.10 bits per heavy atom. The van der Waals surface area contributed by atoms with Gasteiger partial charge >= 0.3 is 11.9 Å². The molecule has 20 heavy (non-hydrogen) atoms. The highest BCUT2D eigenvalue weighted by Crippen LogP contribution is 2.34. The Morgan fingerprint density at radius 3 is 2.05 bits per heavy atom. The third kappa shape index (κ3) is 3.02. The minimum Gasteiger partial charge on any atom is -0.462 e. The van der Waals surface area contributed by atoms with Gasteiger partial charge < -0.3 is 18.9 Å². The van der Waals surface area contributed by atoms with Crippen LogP contribution >= 0.6 is 0 Å². The van der Waals surface area contributed by atoms with Crippen molar-refractivity contribution in [2.45, 2.75) is 31.5 Å². The average molecular weight is 282 g/mol. The Labute approximate surface area is 117 Å². The summed E-state index contributed by atoms with van der Waals surface area (Å²) in [6, 6.07) is 0. The summed E-state index contributed by atoms with van der Waals surface area (Å²) in [5.74, 6) is -1.07. The lowest BCUT2D eigenvalue weighted by Crippen LogP contribution is -2.42. The number of carbonyl (C=O) groups is 2. The normalized spacial score (nSPS) is 34.4. The zero-order chi connectivity index (χ0) is 14.0. The van der Waals surface area contributed by atoms with Crippen molar-refractivity contribution in [3.63, 3.8) is 0 Å². The predicted molar refractivity (Wildman–Crippen MR) is 66.8 cm³/mol. The van der Waals surface area contributed by atoms with Crippen molar-refractivity contribution < 1.29 is 28.5 Å².